The molecule has 166 valence electrons. The summed E-state index contributed by atoms with van der Waals surface area (Å²) in [5, 5.41) is 0. The average molecular weight is 429 g/mol. The van der Waals surface area contributed by atoms with E-state index in [1.807, 2.05) is 37.4 Å². The van der Waals surface area contributed by atoms with E-state index in [4.69, 9.17) is 9.73 Å². The van der Waals surface area contributed by atoms with E-state index in [0.29, 0.717) is 12.2 Å². The van der Waals surface area contributed by atoms with E-state index in [9.17, 15) is 4.79 Å². The summed E-state index contributed by atoms with van der Waals surface area (Å²) >= 11 is 0. The Morgan fingerprint density at radius 2 is 1.72 bits per heavy atom. The average Bonchev–Trinajstić information content (AvgIpc) is 3.11. The van der Waals surface area contributed by atoms with Crippen molar-refractivity contribution in [3.05, 3.63) is 82.7 Å². The lowest BCUT2D eigenvalue weighted by Crippen LogP contribution is -2.05. The quantitative estimate of drug-likeness (QED) is 0.311. The molecule has 0 radical (unpaired) electrons. The minimum absolute atomic E-state index is 0.290. The molecule has 2 aromatic carbocycles. The van der Waals surface area contributed by atoms with Gasteiger partial charge in [-0.3, -0.25) is 4.99 Å². The van der Waals surface area contributed by atoms with Gasteiger partial charge in [-0.25, -0.2) is 4.79 Å². The molecule has 1 aliphatic carbocycles. The zero-order valence-corrected chi connectivity index (χ0v) is 19.3. The second-order valence-corrected chi connectivity index (χ2v) is 8.61. The van der Waals surface area contributed by atoms with E-state index in [2.05, 4.69) is 48.7 Å². The highest BCUT2D eigenvalue weighted by molar-refractivity contribution is 5.89. The topological polar surface area (TPSA) is 43.6 Å². The normalized spacial score (nSPS) is 14.7. The van der Waals surface area contributed by atoms with Gasteiger partial charge >= 0.3 is 5.97 Å². The molecule has 0 aliphatic heterocycles. The molecular formula is C28H32N2O2. The number of aromatic nitrogens is 1. The van der Waals surface area contributed by atoms with Gasteiger partial charge in [0.1, 0.15) is 0 Å². The fourth-order valence-electron chi connectivity index (χ4n) is 4.69. The molecule has 0 unspecified atom stereocenters. The van der Waals surface area contributed by atoms with Crippen molar-refractivity contribution >= 4 is 17.9 Å². The lowest BCUT2D eigenvalue weighted by atomic mass is 9.84. The number of aryl methyl sites for hydroxylation is 1. The van der Waals surface area contributed by atoms with Crippen LogP contribution in [0.3, 0.4) is 0 Å². The molecule has 0 spiro atoms. The van der Waals surface area contributed by atoms with Crippen LogP contribution in [0.15, 0.2) is 59.6 Å². The number of carbonyl (C=O) groups excluding carboxylic acids is 1. The summed E-state index contributed by atoms with van der Waals surface area (Å²) in [6, 6.07) is 18.4. The standard InChI is InChI=1S/C28H32N2O2/c1-4-32-28(31)24-12-16-27(17-13-24)30-20(2)18-25(21(30)3)19-29-26-14-10-23(11-15-26)22-8-6-5-7-9-22/h10-19,22H,4-9H2,1-3H3. The molecular weight excluding hydrogens is 396 g/mol. The van der Waals surface area contributed by atoms with Crippen molar-refractivity contribution in [3.8, 4) is 5.69 Å². The van der Waals surface area contributed by atoms with Crippen LogP contribution in [0.2, 0.25) is 0 Å². The Labute approximate surface area is 191 Å². The summed E-state index contributed by atoms with van der Waals surface area (Å²) in [5.41, 5.74) is 7.35. The van der Waals surface area contributed by atoms with Gasteiger partial charge in [0.2, 0.25) is 0 Å². The second-order valence-electron chi connectivity index (χ2n) is 8.61. The molecule has 0 bridgehead atoms. The third-order valence-electron chi connectivity index (χ3n) is 6.43. The molecule has 4 heteroatoms. The molecule has 0 saturated heterocycles. The first-order valence-electron chi connectivity index (χ1n) is 11.7. The van der Waals surface area contributed by atoms with Crippen LogP contribution in [-0.4, -0.2) is 23.4 Å². The van der Waals surface area contributed by atoms with Crippen molar-refractivity contribution in [1.29, 1.82) is 0 Å². The number of ether oxygens (including phenoxy) is 1. The first kappa shape index (κ1) is 22.1. The molecule has 1 fully saturated rings. The maximum absolute atomic E-state index is 11.9. The number of benzene rings is 2. The SMILES string of the molecule is CCOC(=O)c1ccc(-n2c(C)cc(C=Nc3ccc(C4CCCCC4)cc3)c2C)cc1. The highest BCUT2D eigenvalue weighted by Gasteiger charge is 2.15. The number of hydrogen-bond donors (Lipinski definition) is 0. The van der Waals surface area contributed by atoms with Gasteiger partial charge in [0, 0.05) is 28.9 Å². The van der Waals surface area contributed by atoms with Crippen molar-refractivity contribution in [3.63, 3.8) is 0 Å². The molecule has 32 heavy (non-hydrogen) atoms. The maximum atomic E-state index is 11.9. The van der Waals surface area contributed by atoms with Crippen LogP contribution in [0.25, 0.3) is 5.69 Å². The van der Waals surface area contributed by atoms with Crippen LogP contribution in [0, 0.1) is 13.8 Å². The maximum Gasteiger partial charge on any atom is 0.338 e. The Kier molecular flexibility index (Phi) is 6.89. The molecule has 4 rings (SSSR count). The Bertz CT molecular complexity index is 1090. The highest BCUT2D eigenvalue weighted by atomic mass is 16.5. The summed E-state index contributed by atoms with van der Waals surface area (Å²) in [6.07, 6.45) is 8.66. The monoisotopic (exact) mass is 428 g/mol. The Hall–Kier alpha value is -3.14. The predicted molar refractivity (Wildman–Crippen MR) is 131 cm³/mol. The van der Waals surface area contributed by atoms with Gasteiger partial charge in [-0.2, -0.15) is 0 Å². The van der Waals surface area contributed by atoms with Crippen molar-refractivity contribution in [2.45, 2.75) is 58.8 Å². The minimum Gasteiger partial charge on any atom is -0.462 e. The van der Waals surface area contributed by atoms with Crippen LogP contribution in [0.1, 0.15) is 77.8 Å². The van der Waals surface area contributed by atoms with E-state index < -0.39 is 0 Å². The number of nitrogens with zero attached hydrogens (tertiary/aromatic N) is 2. The first-order chi connectivity index (χ1) is 15.6. The Morgan fingerprint density at radius 3 is 2.38 bits per heavy atom. The molecule has 0 N–H and O–H groups in total. The van der Waals surface area contributed by atoms with Crippen LogP contribution < -0.4 is 0 Å². The van der Waals surface area contributed by atoms with Gasteiger partial charge in [-0.1, -0.05) is 31.4 Å². The lowest BCUT2D eigenvalue weighted by molar-refractivity contribution is 0.0526. The molecule has 0 amide bonds. The minimum atomic E-state index is -0.290. The van der Waals surface area contributed by atoms with Crippen molar-refractivity contribution < 1.29 is 9.53 Å². The van der Waals surface area contributed by atoms with E-state index in [0.717, 1.165) is 34.2 Å². The zero-order valence-electron chi connectivity index (χ0n) is 19.3. The molecule has 4 nitrogen and oxygen atoms in total. The fraction of sp³-hybridized carbons (Fsp3) is 0.357. The second kappa shape index (κ2) is 9.99. The van der Waals surface area contributed by atoms with Crippen LogP contribution in [-0.2, 0) is 4.74 Å². The van der Waals surface area contributed by atoms with Gasteiger partial charge in [0.05, 0.1) is 17.9 Å². The van der Waals surface area contributed by atoms with Gasteiger partial charge in [0.15, 0.2) is 0 Å². The number of hydrogen-bond acceptors (Lipinski definition) is 3. The van der Waals surface area contributed by atoms with Crippen LogP contribution >= 0.6 is 0 Å². The van der Waals surface area contributed by atoms with Gasteiger partial charge in [-0.05, 0) is 87.6 Å². The van der Waals surface area contributed by atoms with E-state index >= 15 is 0 Å². The number of carbonyl (C=O) groups is 1. The highest BCUT2D eigenvalue weighted by Crippen LogP contribution is 2.33. The predicted octanol–water partition coefficient (Wildman–Crippen LogP) is 7.07. The largest absolute Gasteiger partial charge is 0.462 e. The van der Waals surface area contributed by atoms with E-state index in [-0.39, 0.29) is 5.97 Å². The van der Waals surface area contributed by atoms with E-state index in [1.54, 1.807) is 0 Å². The van der Waals surface area contributed by atoms with Crippen LogP contribution in [0.5, 0.6) is 0 Å². The third kappa shape index (κ3) is 4.85. The summed E-state index contributed by atoms with van der Waals surface area (Å²) in [5.74, 6) is 0.429. The number of esters is 1. The third-order valence-corrected chi connectivity index (χ3v) is 6.43. The first-order valence-corrected chi connectivity index (χ1v) is 11.7. The number of rotatable bonds is 6. The van der Waals surface area contributed by atoms with Gasteiger partial charge < -0.3 is 9.30 Å². The Balaban J connectivity index is 1.50. The molecule has 1 aliphatic rings. The smallest absolute Gasteiger partial charge is 0.338 e. The van der Waals surface area contributed by atoms with Crippen molar-refractivity contribution in [2.24, 2.45) is 4.99 Å². The summed E-state index contributed by atoms with van der Waals surface area (Å²) in [7, 11) is 0. The van der Waals surface area contributed by atoms with Crippen molar-refractivity contribution in [2.75, 3.05) is 6.61 Å². The zero-order chi connectivity index (χ0) is 22.5. The lowest BCUT2D eigenvalue weighted by Gasteiger charge is -2.21. The Morgan fingerprint density at radius 1 is 1.03 bits per heavy atom. The van der Waals surface area contributed by atoms with Crippen molar-refractivity contribution in [1.82, 2.24) is 4.57 Å². The fourth-order valence-corrected chi connectivity index (χ4v) is 4.69. The number of aliphatic imine (C=N–C) groups is 1. The summed E-state index contributed by atoms with van der Waals surface area (Å²) in [4.78, 5) is 16.6. The molecule has 3 aromatic rings. The summed E-state index contributed by atoms with van der Waals surface area (Å²) in [6.45, 7) is 6.37. The van der Waals surface area contributed by atoms with E-state index in [1.165, 1.54) is 37.7 Å². The van der Waals surface area contributed by atoms with Crippen LogP contribution in [0.4, 0.5) is 5.69 Å². The van der Waals surface area contributed by atoms with Gasteiger partial charge in [-0.15, -0.1) is 0 Å². The van der Waals surface area contributed by atoms with Gasteiger partial charge in [0.25, 0.3) is 0 Å². The molecule has 1 aromatic heterocycles. The summed E-state index contributed by atoms with van der Waals surface area (Å²) < 4.78 is 7.26. The molecule has 0 atom stereocenters. The molecule has 1 saturated carbocycles. The molecule has 1 heterocycles.